The van der Waals surface area contributed by atoms with Gasteiger partial charge in [-0.2, -0.15) is 0 Å². The van der Waals surface area contributed by atoms with E-state index < -0.39 is 0 Å². The highest BCUT2D eigenvalue weighted by Crippen LogP contribution is 2.09. The van der Waals surface area contributed by atoms with Gasteiger partial charge in [0.15, 0.2) is 0 Å². The standard InChI is InChI=1S/C18H25N3O2/c1-3-9-21(16(2)22)15-18(23)20-12-10-19(11-13-20)14-17-7-5-4-6-8-17/h3-8H,1,9-15H2,2H3. The second-order valence-corrected chi connectivity index (χ2v) is 5.83. The summed E-state index contributed by atoms with van der Waals surface area (Å²) in [4.78, 5) is 29.6. The fraction of sp³-hybridized carbons (Fsp3) is 0.444. The molecule has 0 saturated carbocycles. The summed E-state index contributed by atoms with van der Waals surface area (Å²) in [5.74, 6) is -0.0811. The van der Waals surface area contributed by atoms with Gasteiger partial charge in [-0.15, -0.1) is 6.58 Å². The maximum absolute atomic E-state index is 12.3. The number of carbonyl (C=O) groups is 2. The molecule has 0 bridgehead atoms. The van der Waals surface area contributed by atoms with Gasteiger partial charge in [-0.05, 0) is 5.56 Å². The van der Waals surface area contributed by atoms with Crippen LogP contribution in [0, 0.1) is 0 Å². The predicted molar refractivity (Wildman–Crippen MR) is 90.8 cm³/mol. The van der Waals surface area contributed by atoms with Gasteiger partial charge in [-0.3, -0.25) is 14.5 Å². The van der Waals surface area contributed by atoms with Gasteiger partial charge in [0.25, 0.3) is 0 Å². The van der Waals surface area contributed by atoms with Crippen molar-refractivity contribution >= 4 is 11.8 Å². The minimum absolute atomic E-state index is 0.0152. The molecule has 1 aliphatic rings. The van der Waals surface area contributed by atoms with Crippen LogP contribution in [0.15, 0.2) is 43.0 Å². The lowest BCUT2D eigenvalue weighted by atomic mass is 10.2. The Morgan fingerprint density at radius 2 is 1.83 bits per heavy atom. The van der Waals surface area contributed by atoms with E-state index in [9.17, 15) is 9.59 Å². The van der Waals surface area contributed by atoms with Crippen LogP contribution in [0.25, 0.3) is 0 Å². The number of hydrogen-bond acceptors (Lipinski definition) is 3. The van der Waals surface area contributed by atoms with Gasteiger partial charge in [-0.25, -0.2) is 0 Å². The highest BCUT2D eigenvalue weighted by Gasteiger charge is 2.23. The second kappa shape index (κ2) is 8.48. The number of benzene rings is 1. The molecule has 5 nitrogen and oxygen atoms in total. The highest BCUT2D eigenvalue weighted by molar-refractivity contribution is 5.84. The van der Waals surface area contributed by atoms with Crippen LogP contribution in [0.3, 0.4) is 0 Å². The number of hydrogen-bond donors (Lipinski definition) is 0. The molecule has 1 aliphatic heterocycles. The van der Waals surface area contributed by atoms with Gasteiger partial charge < -0.3 is 9.80 Å². The lowest BCUT2D eigenvalue weighted by Crippen LogP contribution is -2.51. The predicted octanol–water partition coefficient (Wildman–Crippen LogP) is 1.37. The Balaban J connectivity index is 1.80. The van der Waals surface area contributed by atoms with Crippen molar-refractivity contribution in [2.45, 2.75) is 13.5 Å². The van der Waals surface area contributed by atoms with E-state index in [1.807, 2.05) is 23.1 Å². The molecule has 2 rings (SSSR count). The van der Waals surface area contributed by atoms with Gasteiger partial charge in [0, 0.05) is 46.2 Å². The third-order valence-electron chi connectivity index (χ3n) is 4.09. The molecule has 124 valence electrons. The van der Waals surface area contributed by atoms with Gasteiger partial charge >= 0.3 is 0 Å². The van der Waals surface area contributed by atoms with Crippen LogP contribution in [0.1, 0.15) is 12.5 Å². The topological polar surface area (TPSA) is 43.9 Å². The smallest absolute Gasteiger partial charge is 0.242 e. The monoisotopic (exact) mass is 315 g/mol. The molecule has 0 aliphatic carbocycles. The van der Waals surface area contributed by atoms with Crippen molar-refractivity contribution < 1.29 is 9.59 Å². The van der Waals surface area contributed by atoms with Gasteiger partial charge in [0.1, 0.15) is 6.54 Å². The molecule has 5 heteroatoms. The number of rotatable bonds is 6. The van der Waals surface area contributed by atoms with Crippen molar-refractivity contribution in [3.8, 4) is 0 Å². The van der Waals surface area contributed by atoms with Crippen molar-refractivity contribution in [1.29, 1.82) is 0 Å². The van der Waals surface area contributed by atoms with E-state index in [1.165, 1.54) is 17.4 Å². The average Bonchev–Trinajstić information content (AvgIpc) is 2.56. The first-order chi connectivity index (χ1) is 11.1. The largest absolute Gasteiger partial charge is 0.339 e. The fourth-order valence-corrected chi connectivity index (χ4v) is 2.72. The van der Waals surface area contributed by atoms with E-state index in [4.69, 9.17) is 0 Å². The Labute approximate surface area is 138 Å². The number of nitrogens with zero attached hydrogens (tertiary/aromatic N) is 3. The van der Waals surface area contributed by atoms with Gasteiger partial charge in [0.2, 0.25) is 11.8 Å². The molecule has 0 unspecified atom stereocenters. The minimum Gasteiger partial charge on any atom is -0.339 e. The first-order valence-corrected chi connectivity index (χ1v) is 8.00. The average molecular weight is 315 g/mol. The number of amides is 2. The maximum Gasteiger partial charge on any atom is 0.242 e. The molecule has 2 amide bonds. The normalized spacial score (nSPS) is 15.3. The fourth-order valence-electron chi connectivity index (χ4n) is 2.72. The van der Waals surface area contributed by atoms with E-state index in [1.54, 1.807) is 6.08 Å². The lowest BCUT2D eigenvalue weighted by molar-refractivity contribution is -0.140. The second-order valence-electron chi connectivity index (χ2n) is 5.83. The molecular formula is C18H25N3O2. The molecule has 0 spiro atoms. The summed E-state index contributed by atoms with van der Waals surface area (Å²) in [6.07, 6.45) is 1.65. The van der Waals surface area contributed by atoms with Crippen molar-refractivity contribution in [2.75, 3.05) is 39.3 Å². The lowest BCUT2D eigenvalue weighted by Gasteiger charge is -2.35. The summed E-state index contributed by atoms with van der Waals surface area (Å²) < 4.78 is 0. The van der Waals surface area contributed by atoms with Crippen molar-refractivity contribution in [2.24, 2.45) is 0 Å². The quantitative estimate of drug-likeness (QED) is 0.745. The third kappa shape index (κ3) is 5.21. The van der Waals surface area contributed by atoms with Crippen LogP contribution in [0.2, 0.25) is 0 Å². The molecule has 1 fully saturated rings. The first-order valence-electron chi connectivity index (χ1n) is 8.00. The molecule has 1 aromatic rings. The number of piperazine rings is 1. The van der Waals surface area contributed by atoms with Crippen LogP contribution >= 0.6 is 0 Å². The zero-order valence-corrected chi connectivity index (χ0v) is 13.8. The van der Waals surface area contributed by atoms with Gasteiger partial charge in [0.05, 0.1) is 0 Å². The summed E-state index contributed by atoms with van der Waals surface area (Å²) >= 11 is 0. The molecule has 1 aromatic carbocycles. The van der Waals surface area contributed by atoms with Crippen LogP contribution in [-0.4, -0.2) is 65.8 Å². The zero-order chi connectivity index (χ0) is 16.7. The van der Waals surface area contributed by atoms with Gasteiger partial charge in [-0.1, -0.05) is 36.4 Å². The Kier molecular flexibility index (Phi) is 6.35. The first kappa shape index (κ1) is 17.2. The molecule has 1 saturated heterocycles. The van der Waals surface area contributed by atoms with E-state index in [0.29, 0.717) is 19.6 Å². The molecule has 23 heavy (non-hydrogen) atoms. The Morgan fingerprint density at radius 3 is 2.39 bits per heavy atom. The molecule has 0 N–H and O–H groups in total. The highest BCUT2D eigenvalue weighted by atomic mass is 16.2. The molecule has 0 atom stereocenters. The third-order valence-corrected chi connectivity index (χ3v) is 4.09. The molecule has 1 heterocycles. The van der Waals surface area contributed by atoms with Crippen LogP contribution in [0.4, 0.5) is 0 Å². The minimum atomic E-state index is -0.0963. The van der Waals surface area contributed by atoms with Crippen LogP contribution < -0.4 is 0 Å². The molecule has 0 radical (unpaired) electrons. The Bertz CT molecular complexity index is 536. The van der Waals surface area contributed by atoms with Crippen molar-refractivity contribution in [3.63, 3.8) is 0 Å². The Hall–Kier alpha value is -2.14. The number of carbonyl (C=O) groups excluding carboxylic acids is 2. The summed E-state index contributed by atoms with van der Waals surface area (Å²) in [6, 6.07) is 10.4. The van der Waals surface area contributed by atoms with Crippen LogP contribution in [0.5, 0.6) is 0 Å². The summed E-state index contributed by atoms with van der Waals surface area (Å²) in [5, 5.41) is 0. The molecular weight excluding hydrogens is 290 g/mol. The summed E-state index contributed by atoms with van der Waals surface area (Å²) in [5.41, 5.74) is 1.29. The summed E-state index contributed by atoms with van der Waals surface area (Å²) in [6.45, 7) is 9.73. The zero-order valence-electron chi connectivity index (χ0n) is 13.8. The van der Waals surface area contributed by atoms with E-state index in [0.717, 1.165) is 19.6 Å². The van der Waals surface area contributed by atoms with Crippen molar-refractivity contribution in [3.05, 3.63) is 48.6 Å². The Morgan fingerprint density at radius 1 is 1.17 bits per heavy atom. The van der Waals surface area contributed by atoms with Crippen molar-refractivity contribution in [1.82, 2.24) is 14.7 Å². The SMILES string of the molecule is C=CCN(CC(=O)N1CCN(Cc2ccccc2)CC1)C(C)=O. The molecule has 0 aromatic heterocycles. The summed E-state index contributed by atoms with van der Waals surface area (Å²) in [7, 11) is 0. The van der Waals surface area contributed by atoms with E-state index in [-0.39, 0.29) is 18.4 Å². The van der Waals surface area contributed by atoms with Crippen LogP contribution in [-0.2, 0) is 16.1 Å². The maximum atomic E-state index is 12.3. The van der Waals surface area contributed by atoms with E-state index >= 15 is 0 Å². The van der Waals surface area contributed by atoms with E-state index in [2.05, 4.69) is 23.6 Å².